The van der Waals surface area contributed by atoms with Crippen LogP contribution < -0.4 is 11.1 Å². The Morgan fingerprint density at radius 3 is 2.70 bits per heavy atom. The lowest BCUT2D eigenvalue weighted by atomic mass is 10.2. The Bertz CT molecular complexity index is 669. The van der Waals surface area contributed by atoms with E-state index < -0.39 is 0 Å². The van der Waals surface area contributed by atoms with Gasteiger partial charge in [-0.2, -0.15) is 0 Å². The second-order valence-electron chi connectivity index (χ2n) is 4.83. The van der Waals surface area contributed by atoms with Crippen LogP contribution in [0.4, 0.5) is 5.69 Å². The Labute approximate surface area is 118 Å². The third-order valence-corrected chi connectivity index (χ3v) is 3.35. The van der Waals surface area contributed by atoms with Gasteiger partial charge in [-0.05, 0) is 23.8 Å². The number of rotatable bonds is 5. The number of H-pyrrole nitrogens is 1. The number of nitrogen functional groups attached to an aromatic ring is 1. The van der Waals surface area contributed by atoms with Crippen molar-refractivity contribution in [2.75, 3.05) is 12.3 Å². The van der Waals surface area contributed by atoms with Crippen molar-refractivity contribution in [1.29, 1.82) is 0 Å². The molecule has 0 unspecified atom stereocenters. The maximum atomic E-state index is 5.91. The van der Waals surface area contributed by atoms with Crippen molar-refractivity contribution in [3.05, 3.63) is 59.9 Å². The molecule has 1 aromatic heterocycles. The first-order valence-corrected chi connectivity index (χ1v) is 6.80. The first kappa shape index (κ1) is 12.7. The molecule has 0 bridgehead atoms. The second kappa shape index (κ2) is 5.75. The average Bonchev–Trinajstić information content (AvgIpc) is 2.88. The van der Waals surface area contributed by atoms with Crippen LogP contribution in [0.2, 0.25) is 0 Å². The SMILES string of the molecule is Nc1ccccc1CNCCc1nc2ccccc2[nH]1. The van der Waals surface area contributed by atoms with Crippen LogP contribution in [0, 0.1) is 0 Å². The number of nitrogens with two attached hydrogens (primary N) is 1. The van der Waals surface area contributed by atoms with E-state index in [-0.39, 0.29) is 0 Å². The van der Waals surface area contributed by atoms with Gasteiger partial charge in [0.05, 0.1) is 11.0 Å². The smallest absolute Gasteiger partial charge is 0.108 e. The predicted molar refractivity (Wildman–Crippen MR) is 82.4 cm³/mol. The van der Waals surface area contributed by atoms with Crippen molar-refractivity contribution in [2.45, 2.75) is 13.0 Å². The summed E-state index contributed by atoms with van der Waals surface area (Å²) in [7, 11) is 0. The molecule has 0 aliphatic rings. The number of imidazole rings is 1. The summed E-state index contributed by atoms with van der Waals surface area (Å²) in [5.74, 6) is 1.01. The predicted octanol–water partition coefficient (Wildman–Crippen LogP) is 2.48. The summed E-state index contributed by atoms with van der Waals surface area (Å²) < 4.78 is 0. The first-order valence-electron chi connectivity index (χ1n) is 6.80. The molecule has 2 aromatic carbocycles. The molecule has 4 heteroatoms. The number of para-hydroxylation sites is 3. The highest BCUT2D eigenvalue weighted by Crippen LogP contribution is 2.11. The van der Waals surface area contributed by atoms with Gasteiger partial charge >= 0.3 is 0 Å². The van der Waals surface area contributed by atoms with E-state index in [2.05, 4.69) is 15.3 Å². The maximum absolute atomic E-state index is 5.91. The normalized spacial score (nSPS) is 11.0. The molecule has 0 atom stereocenters. The van der Waals surface area contributed by atoms with E-state index >= 15 is 0 Å². The van der Waals surface area contributed by atoms with E-state index in [0.29, 0.717) is 0 Å². The molecule has 0 radical (unpaired) electrons. The molecule has 3 rings (SSSR count). The topological polar surface area (TPSA) is 66.7 Å². The minimum absolute atomic E-state index is 0.785. The number of anilines is 1. The molecule has 0 amide bonds. The zero-order valence-electron chi connectivity index (χ0n) is 11.3. The van der Waals surface area contributed by atoms with Crippen LogP contribution in [0.1, 0.15) is 11.4 Å². The number of aromatic nitrogens is 2. The van der Waals surface area contributed by atoms with Crippen molar-refractivity contribution in [3.8, 4) is 0 Å². The largest absolute Gasteiger partial charge is 0.398 e. The highest BCUT2D eigenvalue weighted by molar-refractivity contribution is 5.74. The van der Waals surface area contributed by atoms with Crippen LogP contribution in [0.25, 0.3) is 11.0 Å². The molecule has 0 spiro atoms. The van der Waals surface area contributed by atoms with Gasteiger partial charge in [-0.3, -0.25) is 0 Å². The monoisotopic (exact) mass is 266 g/mol. The van der Waals surface area contributed by atoms with Gasteiger partial charge in [-0.1, -0.05) is 30.3 Å². The van der Waals surface area contributed by atoms with Crippen molar-refractivity contribution in [2.24, 2.45) is 0 Å². The molecule has 0 saturated carbocycles. The van der Waals surface area contributed by atoms with Crippen molar-refractivity contribution < 1.29 is 0 Å². The zero-order chi connectivity index (χ0) is 13.8. The van der Waals surface area contributed by atoms with E-state index in [4.69, 9.17) is 5.73 Å². The average molecular weight is 266 g/mol. The molecule has 1 heterocycles. The molecule has 4 N–H and O–H groups in total. The van der Waals surface area contributed by atoms with Crippen molar-refractivity contribution in [1.82, 2.24) is 15.3 Å². The third-order valence-electron chi connectivity index (χ3n) is 3.35. The molecule has 20 heavy (non-hydrogen) atoms. The summed E-state index contributed by atoms with van der Waals surface area (Å²) in [6.07, 6.45) is 0.876. The number of nitrogens with zero attached hydrogens (tertiary/aromatic N) is 1. The Kier molecular flexibility index (Phi) is 3.65. The van der Waals surface area contributed by atoms with Crippen LogP contribution in [-0.2, 0) is 13.0 Å². The van der Waals surface area contributed by atoms with Crippen LogP contribution in [0.15, 0.2) is 48.5 Å². The molecule has 0 aliphatic carbocycles. The molecule has 4 nitrogen and oxygen atoms in total. The fourth-order valence-corrected chi connectivity index (χ4v) is 2.25. The molecule has 0 fully saturated rings. The van der Waals surface area contributed by atoms with Gasteiger partial charge in [0, 0.05) is 25.2 Å². The summed E-state index contributed by atoms with van der Waals surface area (Å²) in [5.41, 5.74) is 9.99. The van der Waals surface area contributed by atoms with E-state index in [9.17, 15) is 0 Å². The van der Waals surface area contributed by atoms with E-state index in [1.54, 1.807) is 0 Å². The number of nitrogens with one attached hydrogen (secondary N) is 2. The Hall–Kier alpha value is -2.33. The number of fused-ring (bicyclic) bond motifs is 1. The lowest BCUT2D eigenvalue weighted by molar-refractivity contribution is 0.676. The fraction of sp³-hybridized carbons (Fsp3) is 0.188. The number of hydrogen-bond acceptors (Lipinski definition) is 3. The first-order chi connectivity index (χ1) is 9.83. The Morgan fingerprint density at radius 1 is 1.05 bits per heavy atom. The minimum atomic E-state index is 0.785. The molecular formula is C16H18N4. The number of aromatic amines is 1. The van der Waals surface area contributed by atoms with E-state index in [0.717, 1.165) is 47.6 Å². The van der Waals surface area contributed by atoms with E-state index in [1.165, 1.54) is 0 Å². The van der Waals surface area contributed by atoms with Gasteiger partial charge < -0.3 is 16.0 Å². The highest BCUT2D eigenvalue weighted by atomic mass is 14.9. The molecule has 0 saturated heterocycles. The van der Waals surface area contributed by atoms with Gasteiger partial charge in [-0.25, -0.2) is 4.98 Å². The Morgan fingerprint density at radius 2 is 1.85 bits per heavy atom. The summed E-state index contributed by atoms with van der Waals surface area (Å²) in [4.78, 5) is 7.88. The molecule has 3 aromatic rings. The summed E-state index contributed by atoms with van der Waals surface area (Å²) in [6.45, 7) is 1.65. The summed E-state index contributed by atoms with van der Waals surface area (Å²) in [5, 5.41) is 3.40. The lowest BCUT2D eigenvalue weighted by Gasteiger charge is -2.06. The van der Waals surface area contributed by atoms with Crippen LogP contribution >= 0.6 is 0 Å². The Balaban J connectivity index is 1.54. The van der Waals surface area contributed by atoms with Gasteiger partial charge in [-0.15, -0.1) is 0 Å². The number of benzene rings is 2. The molecular weight excluding hydrogens is 248 g/mol. The van der Waals surface area contributed by atoms with Crippen LogP contribution in [0.5, 0.6) is 0 Å². The van der Waals surface area contributed by atoms with Crippen molar-refractivity contribution >= 4 is 16.7 Å². The van der Waals surface area contributed by atoms with Gasteiger partial charge in [0.15, 0.2) is 0 Å². The highest BCUT2D eigenvalue weighted by Gasteiger charge is 2.02. The third kappa shape index (κ3) is 2.81. The lowest BCUT2D eigenvalue weighted by Crippen LogP contribution is -2.17. The summed E-state index contributed by atoms with van der Waals surface area (Å²) in [6, 6.07) is 16.0. The maximum Gasteiger partial charge on any atom is 0.108 e. The molecule has 102 valence electrons. The van der Waals surface area contributed by atoms with Gasteiger partial charge in [0.25, 0.3) is 0 Å². The van der Waals surface area contributed by atoms with Crippen LogP contribution in [0.3, 0.4) is 0 Å². The quantitative estimate of drug-likeness (QED) is 0.491. The van der Waals surface area contributed by atoms with Crippen molar-refractivity contribution in [3.63, 3.8) is 0 Å². The minimum Gasteiger partial charge on any atom is -0.398 e. The van der Waals surface area contributed by atoms with Crippen LogP contribution in [-0.4, -0.2) is 16.5 Å². The van der Waals surface area contributed by atoms with Gasteiger partial charge in [0.1, 0.15) is 5.82 Å². The zero-order valence-corrected chi connectivity index (χ0v) is 11.3. The molecule has 0 aliphatic heterocycles. The summed E-state index contributed by atoms with van der Waals surface area (Å²) >= 11 is 0. The van der Waals surface area contributed by atoms with E-state index in [1.807, 2.05) is 48.5 Å². The second-order valence-corrected chi connectivity index (χ2v) is 4.83. The standard InChI is InChI=1S/C16H18N4/c17-13-6-2-1-5-12(13)11-18-10-9-16-19-14-7-3-4-8-15(14)20-16/h1-8,18H,9-11,17H2,(H,19,20). The van der Waals surface area contributed by atoms with Gasteiger partial charge in [0.2, 0.25) is 0 Å². The number of hydrogen-bond donors (Lipinski definition) is 3. The fourth-order valence-electron chi connectivity index (χ4n) is 2.25.